The van der Waals surface area contributed by atoms with E-state index in [2.05, 4.69) is 25.7 Å². The summed E-state index contributed by atoms with van der Waals surface area (Å²) in [6, 6.07) is 0. The van der Waals surface area contributed by atoms with Gasteiger partial charge in [-0.05, 0) is 71.5 Å². The minimum absolute atomic E-state index is 0.0114. The maximum Gasteiger partial charge on any atom is 0.310 e. The molecule has 0 aliphatic heterocycles. The van der Waals surface area contributed by atoms with Crippen LogP contribution in [0.25, 0.3) is 0 Å². The number of amides is 1. The second kappa shape index (κ2) is 33.4. The van der Waals surface area contributed by atoms with Gasteiger partial charge in [0.2, 0.25) is 0 Å². The summed E-state index contributed by atoms with van der Waals surface area (Å²) in [6.45, 7) is 8.43. The number of thioether (sulfide) groups is 1. The molecule has 7 nitrogen and oxygen atoms in total. The first-order valence-corrected chi connectivity index (χ1v) is 19.9. The van der Waals surface area contributed by atoms with Crippen LogP contribution in [0.5, 0.6) is 0 Å². The van der Waals surface area contributed by atoms with Crippen LogP contribution in [-0.2, 0) is 19.1 Å². The lowest BCUT2D eigenvalue weighted by Gasteiger charge is -2.23. The lowest BCUT2D eigenvalue weighted by molar-refractivity contribution is -0.150. The molecular formula is C38H72N2O5S. The number of carbonyl (C=O) groups is 3. The van der Waals surface area contributed by atoms with Crippen molar-refractivity contribution in [2.45, 2.75) is 175 Å². The highest BCUT2D eigenvalue weighted by atomic mass is 32.2. The molecule has 0 aromatic rings. The van der Waals surface area contributed by atoms with E-state index in [1.165, 1.54) is 95.1 Å². The normalized spacial score (nSPS) is 11.5. The van der Waals surface area contributed by atoms with Crippen molar-refractivity contribution in [3.63, 3.8) is 0 Å². The largest absolute Gasteiger partial charge is 0.462 e. The van der Waals surface area contributed by atoms with Crippen LogP contribution in [0.4, 0.5) is 4.79 Å². The van der Waals surface area contributed by atoms with Crippen LogP contribution < -0.4 is 0 Å². The summed E-state index contributed by atoms with van der Waals surface area (Å²) in [4.78, 5) is 42.0. The first-order valence-electron chi connectivity index (χ1n) is 18.9. The molecule has 0 unspecified atom stereocenters. The van der Waals surface area contributed by atoms with Crippen LogP contribution in [0.3, 0.4) is 0 Å². The third kappa shape index (κ3) is 29.8. The average molecular weight is 669 g/mol. The predicted molar refractivity (Wildman–Crippen MR) is 196 cm³/mol. The topological polar surface area (TPSA) is 76.1 Å². The molecule has 0 atom stereocenters. The van der Waals surface area contributed by atoms with Crippen molar-refractivity contribution in [1.82, 2.24) is 9.80 Å². The monoisotopic (exact) mass is 669 g/mol. The second-order valence-electron chi connectivity index (χ2n) is 13.0. The van der Waals surface area contributed by atoms with E-state index in [1.54, 1.807) is 4.90 Å². The molecule has 0 heterocycles. The Morgan fingerprint density at radius 3 is 1.78 bits per heavy atom. The van der Waals surface area contributed by atoms with E-state index in [0.29, 0.717) is 25.3 Å². The quantitative estimate of drug-likeness (QED) is 0.0401. The first-order chi connectivity index (χ1) is 22.3. The third-order valence-electron chi connectivity index (χ3n) is 8.24. The van der Waals surface area contributed by atoms with E-state index in [4.69, 9.17) is 9.47 Å². The van der Waals surface area contributed by atoms with Gasteiger partial charge in [0.15, 0.2) is 0 Å². The van der Waals surface area contributed by atoms with Gasteiger partial charge in [0.25, 0.3) is 5.24 Å². The number of hydrogen-bond acceptors (Lipinski definition) is 7. The van der Waals surface area contributed by atoms with Gasteiger partial charge in [-0.3, -0.25) is 14.4 Å². The Kier molecular flexibility index (Phi) is 32.2. The minimum Gasteiger partial charge on any atom is -0.462 e. The Morgan fingerprint density at radius 1 is 0.630 bits per heavy atom. The maximum atomic E-state index is 13.1. The standard InChI is InChI=1S/C38H72N2O5S/c1-6-9-12-15-16-19-25-33-44-36(41)28-23-20-24-30-40(38(43)46-34-32-39(4)5)31-29-37(42)45-35(26-21-17-13-10-7-2)27-22-18-14-11-8-3/h25,33,35H,6-24,26-32,34H2,1-5H3/b33-25-. The van der Waals surface area contributed by atoms with Crippen molar-refractivity contribution in [1.29, 1.82) is 0 Å². The predicted octanol–water partition coefficient (Wildman–Crippen LogP) is 10.7. The Bertz CT molecular complexity index is 747. The van der Waals surface area contributed by atoms with Gasteiger partial charge in [-0.2, -0.15) is 0 Å². The number of nitrogens with zero attached hydrogens (tertiary/aromatic N) is 2. The van der Waals surface area contributed by atoms with Crippen LogP contribution in [-0.4, -0.2) is 72.6 Å². The summed E-state index contributed by atoms with van der Waals surface area (Å²) in [6.07, 6.45) is 27.4. The van der Waals surface area contributed by atoms with Crippen LogP contribution in [0.15, 0.2) is 12.3 Å². The number of esters is 2. The highest BCUT2D eigenvalue weighted by molar-refractivity contribution is 8.13. The molecule has 0 aromatic heterocycles. The fraction of sp³-hybridized carbons (Fsp3) is 0.868. The van der Waals surface area contributed by atoms with Crippen molar-refractivity contribution in [3.05, 3.63) is 12.3 Å². The highest BCUT2D eigenvalue weighted by Gasteiger charge is 2.19. The van der Waals surface area contributed by atoms with Crippen molar-refractivity contribution < 1.29 is 23.9 Å². The number of ether oxygens (including phenoxy) is 2. The molecule has 0 fully saturated rings. The summed E-state index contributed by atoms with van der Waals surface area (Å²) in [5.74, 6) is 0.311. The summed E-state index contributed by atoms with van der Waals surface area (Å²) < 4.78 is 11.2. The van der Waals surface area contributed by atoms with Gasteiger partial charge in [-0.25, -0.2) is 0 Å². The highest BCUT2D eigenvalue weighted by Crippen LogP contribution is 2.18. The van der Waals surface area contributed by atoms with E-state index in [0.717, 1.165) is 64.3 Å². The van der Waals surface area contributed by atoms with E-state index < -0.39 is 0 Å². The Hall–Kier alpha value is -1.54. The van der Waals surface area contributed by atoms with Crippen LogP contribution in [0.1, 0.15) is 168 Å². The van der Waals surface area contributed by atoms with Crippen LogP contribution >= 0.6 is 11.8 Å². The maximum absolute atomic E-state index is 13.1. The van der Waals surface area contributed by atoms with Crippen molar-refractivity contribution in [2.24, 2.45) is 0 Å². The Labute approximate surface area is 288 Å². The Balaban J connectivity index is 4.70. The zero-order valence-corrected chi connectivity index (χ0v) is 31.5. The van der Waals surface area contributed by atoms with Crippen molar-refractivity contribution >= 4 is 28.9 Å². The molecule has 0 aliphatic rings. The van der Waals surface area contributed by atoms with Crippen molar-refractivity contribution in [2.75, 3.05) is 39.5 Å². The zero-order chi connectivity index (χ0) is 34.1. The molecule has 0 spiro atoms. The molecule has 0 radical (unpaired) electrons. The van der Waals surface area contributed by atoms with Gasteiger partial charge in [-0.15, -0.1) is 0 Å². The van der Waals surface area contributed by atoms with Crippen molar-refractivity contribution in [3.8, 4) is 0 Å². The van der Waals surface area contributed by atoms with Crippen LogP contribution in [0.2, 0.25) is 0 Å². The molecular weight excluding hydrogens is 596 g/mol. The molecule has 270 valence electrons. The van der Waals surface area contributed by atoms with E-state index >= 15 is 0 Å². The fourth-order valence-corrected chi connectivity index (χ4v) is 6.25. The summed E-state index contributed by atoms with van der Waals surface area (Å²) in [7, 11) is 4.00. The molecule has 0 saturated carbocycles. The van der Waals surface area contributed by atoms with Crippen LogP contribution in [0, 0.1) is 0 Å². The van der Waals surface area contributed by atoms with Gasteiger partial charge >= 0.3 is 11.9 Å². The van der Waals surface area contributed by atoms with Gasteiger partial charge in [-0.1, -0.05) is 116 Å². The molecule has 8 heteroatoms. The van der Waals surface area contributed by atoms with Gasteiger partial charge in [0, 0.05) is 31.8 Å². The SMILES string of the molecule is CCCCCCC/C=C\OC(=O)CCCCCN(CCC(=O)OC(CCCCCCC)CCCCCCC)C(=O)SCCN(C)C. The van der Waals surface area contributed by atoms with E-state index in [-0.39, 0.29) is 29.7 Å². The number of hydrogen-bond donors (Lipinski definition) is 0. The number of carbonyl (C=O) groups excluding carboxylic acids is 3. The second-order valence-corrected chi connectivity index (χ2v) is 14.1. The molecule has 0 aromatic carbocycles. The lowest BCUT2D eigenvalue weighted by atomic mass is 10.0. The number of allylic oxidation sites excluding steroid dienone is 1. The summed E-state index contributed by atoms with van der Waals surface area (Å²) >= 11 is 1.31. The van der Waals surface area contributed by atoms with Gasteiger partial charge in [0.1, 0.15) is 6.10 Å². The van der Waals surface area contributed by atoms with Gasteiger partial charge in [0.05, 0.1) is 12.7 Å². The molecule has 0 saturated heterocycles. The number of unbranched alkanes of at least 4 members (excludes halogenated alkanes) is 15. The fourth-order valence-electron chi connectivity index (χ4n) is 5.25. The number of rotatable bonds is 32. The molecule has 1 amide bonds. The average Bonchev–Trinajstić information content (AvgIpc) is 3.02. The molecule has 0 aliphatic carbocycles. The smallest absolute Gasteiger partial charge is 0.310 e. The molecule has 0 bridgehead atoms. The first kappa shape index (κ1) is 44.5. The van der Waals surface area contributed by atoms with E-state index in [1.807, 2.05) is 20.2 Å². The molecule has 0 N–H and O–H groups in total. The summed E-state index contributed by atoms with van der Waals surface area (Å²) in [5.41, 5.74) is 0. The Morgan fingerprint density at radius 2 is 1.20 bits per heavy atom. The zero-order valence-electron chi connectivity index (χ0n) is 30.7. The molecule has 46 heavy (non-hydrogen) atoms. The third-order valence-corrected chi connectivity index (χ3v) is 9.14. The van der Waals surface area contributed by atoms with Gasteiger partial charge < -0.3 is 19.3 Å². The molecule has 0 rings (SSSR count). The minimum atomic E-state index is -0.206. The van der Waals surface area contributed by atoms with E-state index in [9.17, 15) is 14.4 Å². The summed E-state index contributed by atoms with van der Waals surface area (Å²) in [5, 5.41) is 0.0114. The lowest BCUT2D eigenvalue weighted by Crippen LogP contribution is -2.32.